The summed E-state index contributed by atoms with van der Waals surface area (Å²) in [7, 11) is 0. The molecule has 0 spiro atoms. The minimum Gasteiger partial charge on any atom is -0.351 e. The zero-order valence-corrected chi connectivity index (χ0v) is 22.1. The quantitative estimate of drug-likeness (QED) is 0.512. The zero-order valence-electron chi connectivity index (χ0n) is 22.1. The molecule has 4 atom stereocenters. The lowest BCUT2D eigenvalue weighted by molar-refractivity contribution is -0.133. The van der Waals surface area contributed by atoms with Gasteiger partial charge < -0.3 is 10.4 Å². The van der Waals surface area contributed by atoms with Gasteiger partial charge >= 0.3 is 6.23 Å². The number of aliphatic hydroxyl groups excluding tert-OH is 1. The molecule has 4 rings (SSSR count). The Morgan fingerprint density at radius 1 is 1.08 bits per heavy atom. The van der Waals surface area contributed by atoms with E-state index in [4.69, 9.17) is 6.57 Å². The average molecular weight is 503 g/mol. The number of carbonyl (C=O) groups excluding carboxylic acids is 2. The molecule has 2 N–H and O–H groups in total. The number of pyridine rings is 1. The topological polar surface area (TPSA) is 86.9 Å². The predicted octanol–water partition coefficient (Wildman–Crippen LogP) is 5.17. The SMILES string of the molecule is [C-]#[N+]C(O)C1CCC1C(=O)N(c1ccc(C(C)(C)C)cc1)C(C(=O)NC1CCCCC1)c1cccnc1. The van der Waals surface area contributed by atoms with E-state index in [-0.39, 0.29) is 23.3 Å². The first-order valence-electron chi connectivity index (χ1n) is 13.4. The highest BCUT2D eigenvalue weighted by Gasteiger charge is 2.48. The minimum atomic E-state index is -1.22. The molecular formula is C30H38N4O3. The number of nitrogens with zero attached hydrogens (tertiary/aromatic N) is 3. The van der Waals surface area contributed by atoms with Crippen LogP contribution in [-0.2, 0) is 15.0 Å². The fourth-order valence-electron chi connectivity index (χ4n) is 5.47. The summed E-state index contributed by atoms with van der Waals surface area (Å²) in [5, 5.41) is 13.5. The van der Waals surface area contributed by atoms with Crippen LogP contribution in [0, 0.1) is 18.4 Å². The monoisotopic (exact) mass is 502 g/mol. The van der Waals surface area contributed by atoms with E-state index < -0.39 is 24.1 Å². The maximum atomic E-state index is 14.2. The van der Waals surface area contributed by atoms with Gasteiger partial charge in [-0.2, -0.15) is 0 Å². The Labute approximate surface area is 220 Å². The van der Waals surface area contributed by atoms with Crippen molar-refractivity contribution in [3.05, 3.63) is 71.3 Å². The highest BCUT2D eigenvalue weighted by atomic mass is 16.3. The average Bonchev–Trinajstić information content (AvgIpc) is 2.87. The van der Waals surface area contributed by atoms with E-state index in [1.165, 1.54) is 6.42 Å². The maximum Gasteiger partial charge on any atom is 0.328 e. The zero-order chi connectivity index (χ0) is 26.6. The van der Waals surface area contributed by atoms with Crippen LogP contribution in [0.3, 0.4) is 0 Å². The van der Waals surface area contributed by atoms with Gasteiger partial charge in [-0.3, -0.25) is 24.3 Å². The van der Waals surface area contributed by atoms with Gasteiger partial charge in [0, 0.05) is 29.7 Å². The summed E-state index contributed by atoms with van der Waals surface area (Å²) in [5.41, 5.74) is 2.31. The normalized spacial score (nSPS) is 21.7. The molecule has 2 saturated carbocycles. The van der Waals surface area contributed by atoms with Crippen molar-refractivity contribution in [2.75, 3.05) is 4.90 Å². The van der Waals surface area contributed by atoms with Gasteiger partial charge in [-0.15, -0.1) is 0 Å². The van der Waals surface area contributed by atoms with E-state index in [0.29, 0.717) is 24.1 Å². The number of nitrogens with one attached hydrogen (secondary N) is 1. The molecule has 7 heteroatoms. The van der Waals surface area contributed by atoms with Crippen molar-refractivity contribution in [3.63, 3.8) is 0 Å². The summed E-state index contributed by atoms with van der Waals surface area (Å²) < 4.78 is 0. The summed E-state index contributed by atoms with van der Waals surface area (Å²) >= 11 is 0. The van der Waals surface area contributed by atoms with E-state index in [1.54, 1.807) is 23.4 Å². The molecule has 1 aromatic carbocycles. The molecule has 37 heavy (non-hydrogen) atoms. The van der Waals surface area contributed by atoms with Crippen LogP contribution in [0.2, 0.25) is 0 Å². The first-order valence-corrected chi connectivity index (χ1v) is 13.4. The number of hydrogen-bond donors (Lipinski definition) is 2. The van der Waals surface area contributed by atoms with Crippen LogP contribution in [0.1, 0.15) is 82.9 Å². The number of carbonyl (C=O) groups is 2. The van der Waals surface area contributed by atoms with Gasteiger partial charge in [0.1, 0.15) is 6.04 Å². The van der Waals surface area contributed by atoms with Crippen LogP contribution in [0.25, 0.3) is 4.85 Å². The largest absolute Gasteiger partial charge is 0.351 e. The number of rotatable bonds is 7. The smallest absolute Gasteiger partial charge is 0.328 e. The van der Waals surface area contributed by atoms with Crippen LogP contribution in [0.5, 0.6) is 0 Å². The molecule has 4 unspecified atom stereocenters. The number of hydrogen-bond acceptors (Lipinski definition) is 4. The molecule has 2 aliphatic rings. The Hall–Kier alpha value is -3.24. The Bertz CT molecular complexity index is 1110. The van der Waals surface area contributed by atoms with E-state index in [0.717, 1.165) is 31.2 Å². The molecule has 0 saturated heterocycles. The van der Waals surface area contributed by atoms with Gasteiger partial charge in [0.2, 0.25) is 11.8 Å². The minimum absolute atomic E-state index is 0.0622. The van der Waals surface area contributed by atoms with Gasteiger partial charge in [0.05, 0.1) is 11.8 Å². The molecule has 2 aromatic rings. The van der Waals surface area contributed by atoms with Crippen molar-refractivity contribution in [3.8, 4) is 0 Å². The summed E-state index contributed by atoms with van der Waals surface area (Å²) in [4.78, 5) is 37.2. The van der Waals surface area contributed by atoms with Crippen LogP contribution >= 0.6 is 0 Å². The molecule has 2 fully saturated rings. The van der Waals surface area contributed by atoms with Gasteiger partial charge in [-0.25, -0.2) is 6.57 Å². The second kappa shape index (κ2) is 11.4. The van der Waals surface area contributed by atoms with Crippen LogP contribution < -0.4 is 10.2 Å². The molecule has 1 heterocycles. The first-order chi connectivity index (χ1) is 17.7. The van der Waals surface area contributed by atoms with E-state index in [1.807, 2.05) is 30.3 Å². The summed E-state index contributed by atoms with van der Waals surface area (Å²) in [6.07, 6.45) is 8.47. The van der Waals surface area contributed by atoms with Gasteiger partial charge in [0.25, 0.3) is 0 Å². The van der Waals surface area contributed by atoms with E-state index >= 15 is 0 Å². The third-order valence-electron chi connectivity index (χ3n) is 7.87. The lowest BCUT2D eigenvalue weighted by Crippen LogP contribution is -2.52. The van der Waals surface area contributed by atoms with E-state index in [9.17, 15) is 14.7 Å². The van der Waals surface area contributed by atoms with Gasteiger partial charge in [0.15, 0.2) is 0 Å². The van der Waals surface area contributed by atoms with Crippen molar-refractivity contribution < 1.29 is 14.7 Å². The highest BCUT2D eigenvalue weighted by Crippen LogP contribution is 2.42. The second-order valence-corrected chi connectivity index (χ2v) is 11.4. The maximum absolute atomic E-state index is 14.2. The van der Waals surface area contributed by atoms with Crippen LogP contribution in [0.15, 0.2) is 48.8 Å². The summed E-state index contributed by atoms with van der Waals surface area (Å²) in [6.45, 7) is 13.7. The third kappa shape index (κ3) is 6.02. The molecule has 0 radical (unpaired) electrons. The number of aliphatic hydroxyl groups is 1. The van der Waals surface area contributed by atoms with E-state index in [2.05, 4.69) is 35.9 Å². The Morgan fingerprint density at radius 2 is 1.78 bits per heavy atom. The third-order valence-corrected chi connectivity index (χ3v) is 7.87. The first kappa shape index (κ1) is 26.8. The lowest BCUT2D eigenvalue weighted by atomic mass is 9.71. The van der Waals surface area contributed by atoms with Crippen molar-refractivity contribution in [2.45, 2.75) is 89.4 Å². The van der Waals surface area contributed by atoms with Crippen LogP contribution in [-0.4, -0.2) is 34.2 Å². The van der Waals surface area contributed by atoms with Crippen molar-refractivity contribution in [2.24, 2.45) is 11.8 Å². The number of anilines is 1. The second-order valence-electron chi connectivity index (χ2n) is 11.4. The molecule has 7 nitrogen and oxygen atoms in total. The molecule has 1 aromatic heterocycles. The van der Waals surface area contributed by atoms with Gasteiger partial charge in [-0.1, -0.05) is 58.2 Å². The number of amides is 2. The van der Waals surface area contributed by atoms with Crippen molar-refractivity contribution >= 4 is 17.5 Å². The summed E-state index contributed by atoms with van der Waals surface area (Å²) in [6, 6.07) is 10.6. The van der Waals surface area contributed by atoms with Gasteiger partial charge in [-0.05, 0) is 54.9 Å². The van der Waals surface area contributed by atoms with Crippen molar-refractivity contribution in [1.82, 2.24) is 10.3 Å². The number of benzene rings is 1. The summed E-state index contributed by atoms with van der Waals surface area (Å²) in [5.74, 6) is -1.42. The number of aromatic nitrogens is 1. The Morgan fingerprint density at radius 3 is 2.32 bits per heavy atom. The standard InChI is InChI=1S/C30H38N4O3/c1-30(2,3)21-12-14-23(15-13-21)34(29(37)25-17-16-24(25)27(35)31-4)26(20-9-8-18-32-19-20)28(36)33-22-10-6-5-7-11-22/h8-9,12-15,18-19,22,24-27,35H,5-7,10-11,16-17H2,1-3H3,(H,33,36). The predicted molar refractivity (Wildman–Crippen MR) is 143 cm³/mol. The fraction of sp³-hybridized carbons (Fsp3) is 0.533. The molecule has 0 aliphatic heterocycles. The molecular weight excluding hydrogens is 464 g/mol. The van der Waals surface area contributed by atoms with Crippen molar-refractivity contribution in [1.29, 1.82) is 0 Å². The fourth-order valence-corrected chi connectivity index (χ4v) is 5.47. The Kier molecular flexibility index (Phi) is 8.29. The molecule has 2 aliphatic carbocycles. The lowest BCUT2D eigenvalue weighted by Gasteiger charge is -2.40. The Balaban J connectivity index is 1.76. The molecule has 196 valence electrons. The molecule has 0 bridgehead atoms. The highest BCUT2D eigenvalue weighted by molar-refractivity contribution is 6.02. The van der Waals surface area contributed by atoms with Crippen LogP contribution in [0.4, 0.5) is 5.69 Å². The molecule has 2 amide bonds.